The van der Waals surface area contributed by atoms with E-state index in [1.54, 1.807) is 19.1 Å². The lowest BCUT2D eigenvalue weighted by Gasteiger charge is -2.08. The highest BCUT2D eigenvalue weighted by atomic mass is 16.5. The van der Waals surface area contributed by atoms with Gasteiger partial charge in [-0.3, -0.25) is 10.9 Å². The van der Waals surface area contributed by atoms with E-state index in [0.29, 0.717) is 5.69 Å². The van der Waals surface area contributed by atoms with E-state index in [-0.39, 0.29) is 6.61 Å². The lowest BCUT2D eigenvalue weighted by atomic mass is 10.3. The summed E-state index contributed by atoms with van der Waals surface area (Å²) in [6.07, 6.45) is -0.783. The van der Waals surface area contributed by atoms with Gasteiger partial charge in [0, 0.05) is 0 Å². The molecule has 0 saturated heterocycles. The summed E-state index contributed by atoms with van der Waals surface area (Å²) in [5, 5.41) is 1.98. The summed E-state index contributed by atoms with van der Waals surface area (Å²) in [5.41, 5.74) is 5.62. The molecule has 0 spiro atoms. The minimum Gasteiger partial charge on any atom is -0.450 e. The summed E-state index contributed by atoms with van der Waals surface area (Å²) in [6, 6.07) is 8.34. The predicted octanol–water partition coefficient (Wildman–Crippen LogP) is 1.47. The van der Waals surface area contributed by atoms with E-state index >= 15 is 0 Å². The summed E-state index contributed by atoms with van der Waals surface area (Å²) in [6.45, 7) is 1.87. The Bertz CT molecular complexity index is 354. The number of anilines is 1. The molecule has 1 rings (SSSR count). The average Bonchev–Trinajstić information content (AvgIpc) is 2.28. The fraction of sp³-hybridized carbons (Fsp3) is 0.200. The fourth-order valence-corrected chi connectivity index (χ4v) is 0.942. The van der Waals surface area contributed by atoms with E-state index in [4.69, 9.17) is 0 Å². The third kappa shape index (κ3) is 4.32. The van der Waals surface area contributed by atoms with Gasteiger partial charge in [0.1, 0.15) is 0 Å². The first-order valence-electron chi connectivity index (χ1n) is 4.77. The number of amides is 3. The molecule has 0 atom stereocenters. The molecule has 0 fully saturated rings. The highest BCUT2D eigenvalue weighted by Crippen LogP contribution is 2.02. The summed E-state index contributed by atoms with van der Waals surface area (Å²) in [5.74, 6) is 0. The number of urea groups is 1. The Balaban J connectivity index is 2.28. The summed E-state index contributed by atoms with van der Waals surface area (Å²) in [7, 11) is 0. The number of alkyl carbamates (subject to hydrolysis) is 1. The van der Waals surface area contributed by atoms with Crippen LogP contribution in [0, 0.1) is 0 Å². The van der Waals surface area contributed by atoms with E-state index < -0.39 is 12.1 Å². The Labute approximate surface area is 92.9 Å². The third-order valence-corrected chi connectivity index (χ3v) is 1.59. The maximum Gasteiger partial charge on any atom is 0.415 e. The molecule has 3 N–H and O–H groups in total. The smallest absolute Gasteiger partial charge is 0.415 e. The molecule has 0 aliphatic rings. The molecule has 6 heteroatoms. The van der Waals surface area contributed by atoms with E-state index in [0.717, 1.165) is 0 Å². The van der Waals surface area contributed by atoms with Crippen molar-refractivity contribution in [2.45, 2.75) is 6.92 Å². The van der Waals surface area contributed by atoms with Crippen molar-refractivity contribution in [2.24, 2.45) is 0 Å². The first kappa shape index (κ1) is 11.8. The number of carbonyl (C=O) groups is 2. The quantitative estimate of drug-likeness (QED) is 0.678. The SMILES string of the molecule is CCOC(=O)NC(=O)NNc1ccccc1. The second-order valence-corrected chi connectivity index (χ2v) is 2.79. The van der Waals surface area contributed by atoms with Gasteiger partial charge in [-0.2, -0.15) is 0 Å². The van der Waals surface area contributed by atoms with Crippen LogP contribution < -0.4 is 16.2 Å². The van der Waals surface area contributed by atoms with Gasteiger partial charge < -0.3 is 4.74 Å². The highest BCUT2D eigenvalue weighted by Gasteiger charge is 2.06. The average molecular weight is 223 g/mol. The van der Waals surface area contributed by atoms with E-state index in [2.05, 4.69) is 15.6 Å². The molecule has 0 radical (unpaired) electrons. The van der Waals surface area contributed by atoms with Crippen LogP contribution in [0.25, 0.3) is 0 Å². The number of carbonyl (C=O) groups excluding carboxylic acids is 2. The first-order chi connectivity index (χ1) is 7.72. The van der Waals surface area contributed by atoms with Gasteiger partial charge in [0.25, 0.3) is 0 Å². The molecule has 1 aromatic rings. The number of hydrazine groups is 1. The van der Waals surface area contributed by atoms with Gasteiger partial charge in [0.05, 0.1) is 12.3 Å². The molecule has 0 aliphatic heterocycles. The number of para-hydroxylation sites is 1. The molecule has 0 unspecified atom stereocenters. The minimum absolute atomic E-state index is 0.214. The maximum atomic E-state index is 11.1. The van der Waals surface area contributed by atoms with Crippen molar-refractivity contribution in [3.63, 3.8) is 0 Å². The predicted molar refractivity (Wildman–Crippen MR) is 58.8 cm³/mol. The molecule has 0 saturated carbocycles. The van der Waals surface area contributed by atoms with E-state index in [1.165, 1.54) is 0 Å². The molecule has 0 bridgehead atoms. The Morgan fingerprint density at radius 1 is 1.25 bits per heavy atom. The number of hydrogen-bond acceptors (Lipinski definition) is 4. The maximum absolute atomic E-state index is 11.1. The van der Waals surface area contributed by atoms with Gasteiger partial charge in [-0.15, -0.1) is 0 Å². The normalized spacial score (nSPS) is 9.06. The fourth-order valence-electron chi connectivity index (χ4n) is 0.942. The van der Waals surface area contributed by atoms with Crippen molar-refractivity contribution in [3.05, 3.63) is 30.3 Å². The number of hydrogen-bond donors (Lipinski definition) is 3. The van der Waals surface area contributed by atoms with Crippen LogP contribution in [-0.2, 0) is 4.74 Å². The Kier molecular flexibility index (Phi) is 4.65. The third-order valence-electron chi connectivity index (χ3n) is 1.59. The molecule has 3 amide bonds. The molecule has 6 nitrogen and oxygen atoms in total. The molecule has 0 aliphatic carbocycles. The van der Waals surface area contributed by atoms with E-state index in [1.807, 2.05) is 23.5 Å². The van der Waals surface area contributed by atoms with Crippen molar-refractivity contribution in [2.75, 3.05) is 12.0 Å². The number of ether oxygens (including phenoxy) is 1. The minimum atomic E-state index is -0.783. The molecule has 0 aromatic heterocycles. The van der Waals surface area contributed by atoms with Crippen molar-refractivity contribution in [1.29, 1.82) is 0 Å². The topological polar surface area (TPSA) is 79.5 Å². The number of rotatable bonds is 3. The zero-order chi connectivity index (χ0) is 11.8. The first-order valence-corrected chi connectivity index (χ1v) is 4.77. The molecular formula is C10H13N3O3. The van der Waals surface area contributed by atoms with Crippen molar-refractivity contribution >= 4 is 17.8 Å². The zero-order valence-electron chi connectivity index (χ0n) is 8.82. The van der Waals surface area contributed by atoms with Crippen LogP contribution in [0.1, 0.15) is 6.92 Å². The molecular weight excluding hydrogens is 210 g/mol. The highest BCUT2D eigenvalue weighted by molar-refractivity contribution is 5.91. The zero-order valence-corrected chi connectivity index (χ0v) is 8.82. The van der Waals surface area contributed by atoms with Crippen LogP contribution in [-0.4, -0.2) is 18.7 Å². The van der Waals surface area contributed by atoms with Gasteiger partial charge in [0.15, 0.2) is 0 Å². The molecule has 16 heavy (non-hydrogen) atoms. The number of imide groups is 1. The van der Waals surface area contributed by atoms with Gasteiger partial charge in [-0.1, -0.05) is 18.2 Å². The largest absolute Gasteiger partial charge is 0.450 e. The molecule has 86 valence electrons. The number of nitrogens with one attached hydrogen (secondary N) is 3. The van der Waals surface area contributed by atoms with Crippen LogP contribution in [0.15, 0.2) is 30.3 Å². The van der Waals surface area contributed by atoms with Crippen LogP contribution in [0.2, 0.25) is 0 Å². The van der Waals surface area contributed by atoms with Gasteiger partial charge in [-0.25, -0.2) is 14.9 Å². The number of benzene rings is 1. The summed E-state index contributed by atoms with van der Waals surface area (Å²) in [4.78, 5) is 22.0. The summed E-state index contributed by atoms with van der Waals surface area (Å²) < 4.78 is 4.53. The Hall–Kier alpha value is -2.24. The van der Waals surface area contributed by atoms with Gasteiger partial charge >= 0.3 is 12.1 Å². The van der Waals surface area contributed by atoms with Crippen LogP contribution >= 0.6 is 0 Å². The Morgan fingerprint density at radius 3 is 2.56 bits per heavy atom. The second kappa shape index (κ2) is 6.28. The van der Waals surface area contributed by atoms with Crippen LogP contribution in [0.4, 0.5) is 15.3 Å². The van der Waals surface area contributed by atoms with Gasteiger partial charge in [-0.05, 0) is 19.1 Å². The molecule has 1 aromatic carbocycles. The van der Waals surface area contributed by atoms with Crippen molar-refractivity contribution in [3.8, 4) is 0 Å². The lowest BCUT2D eigenvalue weighted by molar-refractivity contribution is 0.153. The standard InChI is InChI=1S/C10H13N3O3/c1-2-16-10(15)11-9(14)13-12-8-6-4-3-5-7-8/h3-7,12H,2H2,1H3,(H2,11,13,14,15). The van der Waals surface area contributed by atoms with Crippen LogP contribution in [0.5, 0.6) is 0 Å². The molecule has 0 heterocycles. The van der Waals surface area contributed by atoms with Crippen LogP contribution in [0.3, 0.4) is 0 Å². The van der Waals surface area contributed by atoms with Crippen molar-refractivity contribution in [1.82, 2.24) is 10.7 Å². The monoisotopic (exact) mass is 223 g/mol. The second-order valence-electron chi connectivity index (χ2n) is 2.79. The Morgan fingerprint density at radius 2 is 1.94 bits per heavy atom. The summed E-state index contributed by atoms with van der Waals surface area (Å²) >= 11 is 0. The lowest BCUT2D eigenvalue weighted by Crippen LogP contribution is -2.42. The van der Waals surface area contributed by atoms with Gasteiger partial charge in [0.2, 0.25) is 0 Å². The van der Waals surface area contributed by atoms with E-state index in [9.17, 15) is 9.59 Å². The van der Waals surface area contributed by atoms with Crippen molar-refractivity contribution < 1.29 is 14.3 Å².